The molecule has 1 aromatic rings. The summed E-state index contributed by atoms with van der Waals surface area (Å²) >= 11 is 0. The molecule has 0 amide bonds. The summed E-state index contributed by atoms with van der Waals surface area (Å²) in [5, 5.41) is 10.6. The van der Waals surface area contributed by atoms with Crippen molar-refractivity contribution in [3.8, 4) is 5.75 Å². The van der Waals surface area contributed by atoms with Gasteiger partial charge in [0, 0.05) is 11.1 Å². The van der Waals surface area contributed by atoms with E-state index in [0.29, 0.717) is 6.29 Å². The molecular weight excluding hydrogens is 172 g/mol. The third-order valence-corrected chi connectivity index (χ3v) is 1.61. The lowest BCUT2D eigenvalue weighted by Gasteiger charge is -2.10. The molecule has 4 heteroatoms. The van der Waals surface area contributed by atoms with Crippen LogP contribution >= 0.6 is 0 Å². The monoisotopic (exact) mass is 179 g/mol. The maximum atomic E-state index is 10.6. The number of hydrogen-bond donors (Lipinski definition) is 0. The standard InChI is InChI=1S/C9H8O4/c1-13-7-4-2-3-6(5-10)8(7)9(11)12/h2-5H,1H3,(H,11,12)/p-1. The minimum Gasteiger partial charge on any atom is -0.545 e. The van der Waals surface area contributed by atoms with E-state index in [1.165, 1.54) is 25.3 Å². The van der Waals surface area contributed by atoms with E-state index >= 15 is 0 Å². The predicted molar refractivity (Wildman–Crippen MR) is 42.7 cm³/mol. The average molecular weight is 179 g/mol. The van der Waals surface area contributed by atoms with Crippen LogP contribution in [0, 0.1) is 0 Å². The maximum absolute atomic E-state index is 10.6. The molecule has 0 aliphatic rings. The Morgan fingerprint density at radius 3 is 2.69 bits per heavy atom. The molecule has 0 aliphatic carbocycles. The van der Waals surface area contributed by atoms with E-state index < -0.39 is 5.97 Å². The molecule has 0 unspecified atom stereocenters. The number of carboxylic acids is 1. The molecule has 0 radical (unpaired) electrons. The van der Waals surface area contributed by atoms with Crippen molar-refractivity contribution in [2.24, 2.45) is 0 Å². The molecule has 68 valence electrons. The lowest BCUT2D eigenvalue weighted by Crippen LogP contribution is -2.24. The van der Waals surface area contributed by atoms with E-state index in [0.717, 1.165) is 0 Å². The normalized spacial score (nSPS) is 9.31. The average Bonchev–Trinajstić information content (AvgIpc) is 2.16. The number of ether oxygens (including phenoxy) is 1. The number of aldehydes is 1. The molecule has 0 bridgehead atoms. The van der Waals surface area contributed by atoms with Gasteiger partial charge in [-0.1, -0.05) is 12.1 Å². The Morgan fingerprint density at radius 2 is 2.23 bits per heavy atom. The summed E-state index contributed by atoms with van der Waals surface area (Å²) in [5.74, 6) is -1.29. The summed E-state index contributed by atoms with van der Waals surface area (Å²) in [6.07, 6.45) is 0.452. The van der Waals surface area contributed by atoms with Crippen molar-refractivity contribution in [3.05, 3.63) is 29.3 Å². The zero-order valence-electron chi connectivity index (χ0n) is 6.94. The number of aromatic carboxylic acids is 1. The Balaban J connectivity index is 3.38. The first-order valence-corrected chi connectivity index (χ1v) is 3.54. The second-order valence-corrected chi connectivity index (χ2v) is 2.33. The molecule has 0 aromatic heterocycles. The number of carboxylic acid groups (broad SMARTS) is 1. The summed E-state index contributed by atoms with van der Waals surface area (Å²) in [7, 11) is 1.33. The summed E-state index contributed by atoms with van der Waals surface area (Å²) in [6, 6.07) is 4.38. The molecule has 0 saturated heterocycles. The van der Waals surface area contributed by atoms with Gasteiger partial charge in [0.25, 0.3) is 0 Å². The van der Waals surface area contributed by atoms with Gasteiger partial charge in [0.15, 0.2) is 6.29 Å². The zero-order valence-corrected chi connectivity index (χ0v) is 6.94. The molecule has 0 fully saturated rings. The van der Waals surface area contributed by atoms with Crippen LogP contribution in [-0.2, 0) is 0 Å². The van der Waals surface area contributed by atoms with E-state index in [4.69, 9.17) is 4.74 Å². The number of carbonyl (C=O) groups is 2. The third kappa shape index (κ3) is 1.66. The fourth-order valence-electron chi connectivity index (χ4n) is 1.03. The van der Waals surface area contributed by atoms with Crippen LogP contribution in [0.5, 0.6) is 5.75 Å². The van der Waals surface area contributed by atoms with Crippen LogP contribution in [0.1, 0.15) is 20.7 Å². The van der Waals surface area contributed by atoms with Crippen LogP contribution in [0.3, 0.4) is 0 Å². The Hall–Kier alpha value is -1.84. The van der Waals surface area contributed by atoms with Crippen LogP contribution in [0.25, 0.3) is 0 Å². The zero-order chi connectivity index (χ0) is 9.84. The number of rotatable bonds is 3. The minimum atomic E-state index is -1.42. The topological polar surface area (TPSA) is 66.4 Å². The predicted octanol–water partition coefficient (Wildman–Crippen LogP) is -0.129. The van der Waals surface area contributed by atoms with E-state index in [9.17, 15) is 14.7 Å². The first kappa shape index (κ1) is 9.25. The molecule has 0 atom stereocenters. The number of hydrogen-bond acceptors (Lipinski definition) is 4. The van der Waals surface area contributed by atoms with Crippen LogP contribution < -0.4 is 9.84 Å². The molecule has 0 heterocycles. The first-order valence-electron chi connectivity index (χ1n) is 3.54. The molecule has 0 saturated carbocycles. The van der Waals surface area contributed by atoms with E-state index in [-0.39, 0.29) is 16.9 Å². The van der Waals surface area contributed by atoms with E-state index in [1.807, 2.05) is 0 Å². The number of methoxy groups -OCH3 is 1. The van der Waals surface area contributed by atoms with Crippen LogP contribution in [0.15, 0.2) is 18.2 Å². The SMILES string of the molecule is COc1cccc(C=O)c1C(=O)[O-]. The Kier molecular flexibility index (Phi) is 2.64. The highest BCUT2D eigenvalue weighted by Crippen LogP contribution is 2.19. The van der Waals surface area contributed by atoms with Crippen LogP contribution in [-0.4, -0.2) is 19.4 Å². The van der Waals surface area contributed by atoms with Gasteiger partial charge in [0.05, 0.1) is 13.1 Å². The van der Waals surface area contributed by atoms with Crippen LogP contribution in [0.2, 0.25) is 0 Å². The first-order chi connectivity index (χ1) is 6.20. The highest BCUT2D eigenvalue weighted by Gasteiger charge is 2.08. The van der Waals surface area contributed by atoms with Gasteiger partial charge in [-0.2, -0.15) is 0 Å². The maximum Gasteiger partial charge on any atom is 0.150 e. The fourth-order valence-corrected chi connectivity index (χ4v) is 1.03. The molecular formula is C9H7O4-. The molecule has 0 aliphatic heterocycles. The van der Waals surface area contributed by atoms with Gasteiger partial charge >= 0.3 is 0 Å². The quantitative estimate of drug-likeness (QED) is 0.606. The van der Waals surface area contributed by atoms with Crippen molar-refractivity contribution in [2.45, 2.75) is 0 Å². The van der Waals surface area contributed by atoms with Crippen molar-refractivity contribution >= 4 is 12.3 Å². The lowest BCUT2D eigenvalue weighted by molar-refractivity contribution is -0.255. The Bertz CT molecular complexity index is 343. The van der Waals surface area contributed by atoms with Crippen molar-refractivity contribution in [3.63, 3.8) is 0 Å². The van der Waals surface area contributed by atoms with Crippen molar-refractivity contribution < 1.29 is 19.4 Å². The van der Waals surface area contributed by atoms with Gasteiger partial charge in [-0.3, -0.25) is 4.79 Å². The van der Waals surface area contributed by atoms with Crippen LogP contribution in [0.4, 0.5) is 0 Å². The van der Waals surface area contributed by atoms with Gasteiger partial charge in [0.1, 0.15) is 5.75 Å². The summed E-state index contributed by atoms with van der Waals surface area (Å²) in [4.78, 5) is 21.1. The molecule has 0 spiro atoms. The summed E-state index contributed by atoms with van der Waals surface area (Å²) in [6.45, 7) is 0. The van der Waals surface area contributed by atoms with Gasteiger partial charge < -0.3 is 14.6 Å². The molecule has 0 N–H and O–H groups in total. The summed E-state index contributed by atoms with van der Waals surface area (Å²) < 4.78 is 4.77. The highest BCUT2D eigenvalue weighted by atomic mass is 16.5. The smallest absolute Gasteiger partial charge is 0.150 e. The van der Waals surface area contributed by atoms with E-state index in [2.05, 4.69) is 0 Å². The lowest BCUT2D eigenvalue weighted by atomic mass is 10.1. The van der Waals surface area contributed by atoms with Crippen molar-refractivity contribution in [1.82, 2.24) is 0 Å². The Labute approximate surface area is 74.8 Å². The third-order valence-electron chi connectivity index (χ3n) is 1.61. The number of carbonyl (C=O) groups excluding carboxylic acids is 2. The highest BCUT2D eigenvalue weighted by molar-refractivity contribution is 5.98. The van der Waals surface area contributed by atoms with Gasteiger partial charge in [0.2, 0.25) is 0 Å². The van der Waals surface area contributed by atoms with E-state index in [1.54, 1.807) is 0 Å². The molecule has 1 aromatic carbocycles. The van der Waals surface area contributed by atoms with Crippen molar-refractivity contribution in [2.75, 3.05) is 7.11 Å². The Morgan fingerprint density at radius 1 is 1.54 bits per heavy atom. The largest absolute Gasteiger partial charge is 0.545 e. The molecule has 4 nitrogen and oxygen atoms in total. The van der Waals surface area contributed by atoms with Gasteiger partial charge in [-0.15, -0.1) is 0 Å². The summed E-state index contributed by atoms with van der Waals surface area (Å²) in [5.41, 5.74) is -0.153. The second-order valence-electron chi connectivity index (χ2n) is 2.33. The van der Waals surface area contributed by atoms with Gasteiger partial charge in [-0.25, -0.2) is 0 Å². The second kappa shape index (κ2) is 3.71. The fraction of sp³-hybridized carbons (Fsp3) is 0.111. The van der Waals surface area contributed by atoms with Gasteiger partial charge in [-0.05, 0) is 6.07 Å². The molecule has 1 rings (SSSR count). The minimum absolute atomic E-state index is 0.0550. The number of benzene rings is 1. The van der Waals surface area contributed by atoms with Crippen molar-refractivity contribution in [1.29, 1.82) is 0 Å². The molecule has 13 heavy (non-hydrogen) atoms.